The molecule has 1 atom stereocenters. The summed E-state index contributed by atoms with van der Waals surface area (Å²) in [5.74, 6) is 2.40. The van der Waals surface area contributed by atoms with Crippen LogP contribution < -0.4 is 16.1 Å². The molecule has 1 aliphatic carbocycles. The number of nitriles is 1. The van der Waals surface area contributed by atoms with Crippen molar-refractivity contribution < 1.29 is 4.57 Å². The van der Waals surface area contributed by atoms with E-state index in [2.05, 4.69) is 49.7 Å². The minimum Gasteiger partial charge on any atom is -0.324 e. The third-order valence-electron chi connectivity index (χ3n) is 6.25. The minimum absolute atomic E-state index is 0.284. The topological polar surface area (TPSA) is 120 Å². The molecule has 4 heterocycles. The Labute approximate surface area is 199 Å². The number of aryl methyl sites for hydroxylation is 1. The fraction of sp³-hybridized carbons (Fsp3) is 0.375. The molecule has 10 heteroatoms. The Morgan fingerprint density at radius 1 is 1.18 bits per heavy atom. The first-order valence-electron chi connectivity index (χ1n) is 11.3. The maximum Gasteiger partial charge on any atom is 0.230 e. The van der Waals surface area contributed by atoms with Crippen molar-refractivity contribution >= 4 is 36.0 Å². The van der Waals surface area contributed by atoms with Gasteiger partial charge in [-0.15, -0.1) is 0 Å². The Kier molecular flexibility index (Phi) is 5.80. The fourth-order valence-electron chi connectivity index (χ4n) is 4.77. The zero-order chi connectivity index (χ0) is 23.9. The summed E-state index contributed by atoms with van der Waals surface area (Å²) in [5, 5.41) is 15.9. The molecule has 3 aromatic heterocycles. The highest BCUT2D eigenvalue weighted by Gasteiger charge is 2.30. The van der Waals surface area contributed by atoms with E-state index in [4.69, 9.17) is 4.98 Å². The smallest absolute Gasteiger partial charge is 0.230 e. The zero-order valence-corrected chi connectivity index (χ0v) is 20.4. The van der Waals surface area contributed by atoms with E-state index in [0.29, 0.717) is 34.8 Å². The zero-order valence-electron chi connectivity index (χ0n) is 19.5. The lowest BCUT2D eigenvalue weighted by molar-refractivity contribution is 0.265. The minimum atomic E-state index is -2.52. The number of nitrogens with zero attached hydrogens (tertiary/aromatic N) is 6. The summed E-state index contributed by atoms with van der Waals surface area (Å²) in [7, 11) is -0.361. The molecule has 0 amide bonds. The van der Waals surface area contributed by atoms with E-state index in [1.807, 2.05) is 0 Å². The molecule has 3 aromatic rings. The van der Waals surface area contributed by atoms with E-state index in [0.717, 1.165) is 25.9 Å². The van der Waals surface area contributed by atoms with Crippen LogP contribution in [0.2, 0.25) is 0 Å². The van der Waals surface area contributed by atoms with Crippen molar-refractivity contribution in [2.45, 2.75) is 31.7 Å². The van der Waals surface area contributed by atoms with Gasteiger partial charge in [-0.25, -0.2) is 15.0 Å². The summed E-state index contributed by atoms with van der Waals surface area (Å²) in [6, 6.07) is 9.47. The van der Waals surface area contributed by atoms with Crippen LogP contribution in [0.5, 0.6) is 0 Å². The van der Waals surface area contributed by atoms with Crippen molar-refractivity contribution in [2.75, 3.05) is 37.6 Å². The summed E-state index contributed by atoms with van der Waals surface area (Å²) in [5.41, 5.74) is 4.70. The van der Waals surface area contributed by atoms with Crippen molar-refractivity contribution in [3.8, 4) is 6.07 Å². The summed E-state index contributed by atoms with van der Waals surface area (Å²) in [6.07, 6.45) is 4.82. The highest BCUT2D eigenvalue weighted by molar-refractivity contribution is 7.69. The van der Waals surface area contributed by atoms with Gasteiger partial charge in [0.25, 0.3) is 0 Å². The van der Waals surface area contributed by atoms with Crippen LogP contribution in [0.4, 0.5) is 23.4 Å². The Hall–Kier alpha value is -3.34. The van der Waals surface area contributed by atoms with Gasteiger partial charge in [0, 0.05) is 18.8 Å². The molecule has 1 aliphatic heterocycles. The van der Waals surface area contributed by atoms with Crippen molar-refractivity contribution in [3.05, 3.63) is 52.8 Å². The number of hydrogen-bond donors (Lipinski definition) is 2. The SMILES string of the molecule is CN1Cc2cc(Nc3ncc(C#N)c(Nc4cccc(P(C)(C)=O)n4)n3)nc3c2C(CCC3)C1. The monoisotopic (exact) mass is 474 g/mol. The number of likely N-dealkylation sites (N-methyl/N-ethyl adjacent to an activating group) is 1. The second-order valence-electron chi connectivity index (χ2n) is 9.36. The predicted molar refractivity (Wildman–Crippen MR) is 133 cm³/mol. The van der Waals surface area contributed by atoms with Gasteiger partial charge in [0.15, 0.2) is 5.82 Å². The number of nitrogens with one attached hydrogen (secondary N) is 2. The molecular formula is C24H27N8OP. The molecule has 2 aliphatic rings. The van der Waals surface area contributed by atoms with Crippen LogP contribution in [-0.2, 0) is 17.5 Å². The average Bonchev–Trinajstić information content (AvgIpc) is 2.79. The largest absolute Gasteiger partial charge is 0.324 e. The molecule has 1 unspecified atom stereocenters. The predicted octanol–water partition coefficient (Wildman–Crippen LogP) is 3.74. The van der Waals surface area contributed by atoms with E-state index in [1.165, 1.54) is 29.4 Å². The van der Waals surface area contributed by atoms with Gasteiger partial charge >= 0.3 is 0 Å². The van der Waals surface area contributed by atoms with Gasteiger partial charge in [-0.3, -0.25) is 0 Å². The van der Waals surface area contributed by atoms with Crippen LogP contribution in [0.25, 0.3) is 0 Å². The van der Waals surface area contributed by atoms with Gasteiger partial charge in [0.1, 0.15) is 35.8 Å². The van der Waals surface area contributed by atoms with Crippen molar-refractivity contribution in [1.82, 2.24) is 24.8 Å². The number of aromatic nitrogens is 4. The molecule has 9 nitrogen and oxygen atoms in total. The maximum atomic E-state index is 12.4. The van der Waals surface area contributed by atoms with Crippen molar-refractivity contribution in [3.63, 3.8) is 0 Å². The van der Waals surface area contributed by atoms with Gasteiger partial charge in [0.05, 0.1) is 6.20 Å². The van der Waals surface area contributed by atoms with Crippen LogP contribution in [0.15, 0.2) is 30.5 Å². The molecule has 0 saturated carbocycles. The lowest BCUT2D eigenvalue weighted by atomic mass is 9.80. The fourth-order valence-corrected chi connectivity index (χ4v) is 5.57. The Balaban J connectivity index is 1.44. The van der Waals surface area contributed by atoms with Gasteiger partial charge < -0.3 is 20.1 Å². The van der Waals surface area contributed by atoms with E-state index in [-0.39, 0.29) is 5.56 Å². The maximum absolute atomic E-state index is 12.4. The third kappa shape index (κ3) is 4.52. The van der Waals surface area contributed by atoms with E-state index >= 15 is 0 Å². The first-order chi connectivity index (χ1) is 16.3. The second kappa shape index (κ2) is 8.79. The second-order valence-corrected chi connectivity index (χ2v) is 12.5. The third-order valence-corrected chi connectivity index (χ3v) is 7.60. The lowest BCUT2D eigenvalue weighted by Crippen LogP contribution is -2.33. The Bertz CT molecular complexity index is 1350. The summed E-state index contributed by atoms with van der Waals surface area (Å²) < 4.78 is 12.4. The molecule has 0 spiro atoms. The number of hydrogen-bond acceptors (Lipinski definition) is 9. The molecule has 5 rings (SSSR count). The van der Waals surface area contributed by atoms with E-state index < -0.39 is 7.14 Å². The van der Waals surface area contributed by atoms with Crippen LogP contribution in [0.1, 0.15) is 41.1 Å². The molecule has 174 valence electrons. The van der Waals surface area contributed by atoms with Crippen molar-refractivity contribution in [2.24, 2.45) is 0 Å². The average molecular weight is 475 g/mol. The van der Waals surface area contributed by atoms with Gasteiger partial charge in [-0.2, -0.15) is 10.2 Å². The van der Waals surface area contributed by atoms with Crippen LogP contribution in [-0.4, -0.2) is 51.8 Å². The highest BCUT2D eigenvalue weighted by Crippen LogP contribution is 2.39. The van der Waals surface area contributed by atoms with Gasteiger partial charge in [-0.05, 0) is 74.9 Å². The molecule has 0 radical (unpaired) electrons. The molecule has 34 heavy (non-hydrogen) atoms. The van der Waals surface area contributed by atoms with Crippen molar-refractivity contribution in [1.29, 1.82) is 5.26 Å². The summed E-state index contributed by atoms with van der Waals surface area (Å²) in [4.78, 5) is 20.5. The normalized spacial score (nSPS) is 17.5. The molecule has 0 saturated heterocycles. The molecule has 0 bridgehead atoms. The lowest BCUT2D eigenvalue weighted by Gasteiger charge is -2.36. The Morgan fingerprint density at radius 3 is 2.82 bits per heavy atom. The standard InChI is InChI=1S/C24H27N8OP/c1-32-13-15-6-4-7-18-22(15)16(14-32)10-20(27-18)30-24-26-12-17(11-25)23(31-24)29-19-8-5-9-21(28-19)34(2,3)33/h5,8-10,12,15H,4,6-7,13-14H2,1-3H3,(H2,26,27,28,29,30,31). The van der Waals surface area contributed by atoms with Gasteiger partial charge in [-0.1, -0.05) is 6.07 Å². The number of rotatable bonds is 5. The molecule has 0 aromatic carbocycles. The molecular weight excluding hydrogens is 447 g/mol. The number of pyridine rings is 2. The van der Waals surface area contributed by atoms with Crippen LogP contribution in [0.3, 0.4) is 0 Å². The highest BCUT2D eigenvalue weighted by atomic mass is 31.2. The quantitative estimate of drug-likeness (QED) is 0.533. The van der Waals surface area contributed by atoms with E-state index in [9.17, 15) is 9.83 Å². The first-order valence-corrected chi connectivity index (χ1v) is 14.0. The molecule has 0 fully saturated rings. The molecule has 2 N–H and O–H groups in total. The van der Waals surface area contributed by atoms with Gasteiger partial charge in [0.2, 0.25) is 5.95 Å². The van der Waals surface area contributed by atoms with Crippen LogP contribution >= 0.6 is 7.14 Å². The van der Waals surface area contributed by atoms with E-state index in [1.54, 1.807) is 31.5 Å². The number of anilines is 4. The first kappa shape index (κ1) is 22.5. The summed E-state index contributed by atoms with van der Waals surface area (Å²) >= 11 is 0. The van der Waals surface area contributed by atoms with Crippen LogP contribution in [0, 0.1) is 11.3 Å². The Morgan fingerprint density at radius 2 is 2.03 bits per heavy atom. The summed E-state index contributed by atoms with van der Waals surface area (Å²) in [6.45, 7) is 5.33.